The summed E-state index contributed by atoms with van der Waals surface area (Å²) in [6.07, 6.45) is 3.39. The third kappa shape index (κ3) is 3.64. The Bertz CT molecular complexity index is 222. The van der Waals surface area contributed by atoms with Gasteiger partial charge in [0.15, 0.2) is 0 Å². The summed E-state index contributed by atoms with van der Waals surface area (Å²) in [5.41, 5.74) is 0. The van der Waals surface area contributed by atoms with E-state index in [1.54, 1.807) is 0 Å². The molecule has 5 nitrogen and oxygen atoms in total. The van der Waals surface area contributed by atoms with Gasteiger partial charge in [-0.1, -0.05) is 0 Å². The van der Waals surface area contributed by atoms with Gasteiger partial charge in [0.1, 0.15) is 0 Å². The highest BCUT2D eigenvalue weighted by molar-refractivity contribution is 5.74. The number of nitrogens with one attached hydrogen (secondary N) is 4. The van der Waals surface area contributed by atoms with E-state index in [0.717, 1.165) is 39.1 Å². The van der Waals surface area contributed by atoms with Crippen LogP contribution in [0.25, 0.3) is 0 Å². The van der Waals surface area contributed by atoms with Crippen LogP contribution in [0.5, 0.6) is 0 Å². The normalized spacial score (nSPS) is 26.6. The van der Waals surface area contributed by atoms with Gasteiger partial charge in [-0.25, -0.2) is 4.79 Å². The fourth-order valence-corrected chi connectivity index (χ4v) is 2.34. The van der Waals surface area contributed by atoms with Gasteiger partial charge in [0, 0.05) is 19.1 Å². The van der Waals surface area contributed by atoms with Gasteiger partial charge in [-0.2, -0.15) is 0 Å². The molecule has 2 heterocycles. The number of carbonyl (C=O) groups excluding carboxylic acids is 1. The van der Waals surface area contributed by atoms with Gasteiger partial charge in [-0.15, -0.1) is 0 Å². The lowest BCUT2D eigenvalue weighted by atomic mass is 9.98. The van der Waals surface area contributed by atoms with Crippen LogP contribution in [0.4, 0.5) is 4.79 Å². The van der Waals surface area contributed by atoms with E-state index in [-0.39, 0.29) is 6.03 Å². The molecular formula is C11H22N4O. The molecule has 0 saturated carbocycles. The van der Waals surface area contributed by atoms with Crippen LogP contribution in [-0.2, 0) is 0 Å². The Morgan fingerprint density at radius 3 is 2.56 bits per heavy atom. The molecule has 2 saturated heterocycles. The Morgan fingerprint density at radius 2 is 1.88 bits per heavy atom. The summed E-state index contributed by atoms with van der Waals surface area (Å²) in [6.45, 7) is 4.90. The average molecular weight is 226 g/mol. The van der Waals surface area contributed by atoms with Crippen molar-refractivity contribution in [2.75, 3.05) is 32.7 Å². The lowest BCUT2D eigenvalue weighted by Gasteiger charge is -2.23. The highest BCUT2D eigenvalue weighted by Crippen LogP contribution is 2.09. The number of hydrogen-bond acceptors (Lipinski definition) is 3. The van der Waals surface area contributed by atoms with Gasteiger partial charge >= 0.3 is 6.03 Å². The molecule has 0 aliphatic carbocycles. The van der Waals surface area contributed by atoms with Gasteiger partial charge in [0.2, 0.25) is 0 Å². The molecule has 2 amide bonds. The van der Waals surface area contributed by atoms with Crippen molar-refractivity contribution in [3.05, 3.63) is 0 Å². The molecule has 0 aromatic heterocycles. The number of rotatable bonds is 3. The number of amides is 2. The molecule has 4 N–H and O–H groups in total. The molecule has 2 aliphatic heterocycles. The molecule has 0 aromatic carbocycles. The minimum absolute atomic E-state index is 0.00719. The van der Waals surface area contributed by atoms with Crippen molar-refractivity contribution < 1.29 is 4.79 Å². The number of urea groups is 1. The molecular weight excluding hydrogens is 204 g/mol. The van der Waals surface area contributed by atoms with Crippen molar-refractivity contribution in [2.45, 2.75) is 25.3 Å². The fraction of sp³-hybridized carbons (Fsp3) is 0.909. The molecule has 5 heteroatoms. The molecule has 2 rings (SSSR count). The predicted octanol–water partition coefficient (Wildman–Crippen LogP) is -0.353. The molecule has 2 aliphatic rings. The zero-order valence-electron chi connectivity index (χ0n) is 9.72. The first-order valence-corrected chi connectivity index (χ1v) is 6.30. The minimum atomic E-state index is -0.00719. The van der Waals surface area contributed by atoms with Crippen molar-refractivity contribution in [3.63, 3.8) is 0 Å². The van der Waals surface area contributed by atoms with Gasteiger partial charge in [0.05, 0.1) is 0 Å². The maximum atomic E-state index is 11.6. The highest BCUT2D eigenvalue weighted by Gasteiger charge is 2.18. The van der Waals surface area contributed by atoms with E-state index in [1.165, 1.54) is 12.8 Å². The first-order valence-electron chi connectivity index (χ1n) is 6.30. The highest BCUT2D eigenvalue weighted by atomic mass is 16.2. The van der Waals surface area contributed by atoms with Crippen molar-refractivity contribution in [3.8, 4) is 0 Å². The maximum absolute atomic E-state index is 11.6. The second-order valence-corrected chi connectivity index (χ2v) is 4.74. The number of piperidine rings is 1. The lowest BCUT2D eigenvalue weighted by molar-refractivity contribution is 0.233. The van der Waals surface area contributed by atoms with Crippen LogP contribution in [-0.4, -0.2) is 44.8 Å². The smallest absolute Gasteiger partial charge is 0.315 e. The van der Waals surface area contributed by atoms with E-state index in [9.17, 15) is 4.79 Å². The Balaban J connectivity index is 1.59. The van der Waals surface area contributed by atoms with E-state index >= 15 is 0 Å². The largest absolute Gasteiger partial charge is 0.338 e. The Labute approximate surface area is 96.7 Å². The second kappa shape index (κ2) is 6.06. The zero-order valence-corrected chi connectivity index (χ0v) is 9.72. The minimum Gasteiger partial charge on any atom is -0.338 e. The van der Waals surface area contributed by atoms with Crippen LogP contribution >= 0.6 is 0 Å². The van der Waals surface area contributed by atoms with Gasteiger partial charge in [-0.3, -0.25) is 0 Å². The molecule has 16 heavy (non-hydrogen) atoms. The first kappa shape index (κ1) is 11.7. The Kier molecular flexibility index (Phi) is 4.42. The molecule has 0 radical (unpaired) electrons. The zero-order chi connectivity index (χ0) is 11.2. The third-order valence-electron chi connectivity index (χ3n) is 3.41. The predicted molar refractivity (Wildman–Crippen MR) is 63.4 cm³/mol. The van der Waals surface area contributed by atoms with Gasteiger partial charge in [0.25, 0.3) is 0 Å². The molecule has 0 aromatic rings. The van der Waals surface area contributed by atoms with Crippen LogP contribution in [0, 0.1) is 5.92 Å². The summed E-state index contributed by atoms with van der Waals surface area (Å²) in [6, 6.07) is 0.306. The van der Waals surface area contributed by atoms with Gasteiger partial charge < -0.3 is 21.3 Å². The third-order valence-corrected chi connectivity index (χ3v) is 3.41. The quantitative estimate of drug-likeness (QED) is 0.532. The van der Waals surface area contributed by atoms with Crippen molar-refractivity contribution >= 4 is 6.03 Å². The Hall–Kier alpha value is -0.810. The number of carbonyl (C=O) groups is 1. The summed E-state index contributed by atoms with van der Waals surface area (Å²) in [4.78, 5) is 11.6. The summed E-state index contributed by atoms with van der Waals surface area (Å²) >= 11 is 0. The molecule has 0 spiro atoms. The summed E-state index contributed by atoms with van der Waals surface area (Å²) in [5.74, 6) is 0.647. The van der Waals surface area contributed by atoms with Gasteiger partial charge in [-0.05, 0) is 44.8 Å². The average Bonchev–Trinajstić information content (AvgIpc) is 2.81. The van der Waals surface area contributed by atoms with E-state index in [2.05, 4.69) is 21.3 Å². The summed E-state index contributed by atoms with van der Waals surface area (Å²) in [5, 5.41) is 12.5. The van der Waals surface area contributed by atoms with E-state index in [0.29, 0.717) is 12.0 Å². The lowest BCUT2D eigenvalue weighted by Crippen LogP contribution is -2.45. The fourth-order valence-electron chi connectivity index (χ4n) is 2.34. The van der Waals surface area contributed by atoms with Crippen LogP contribution in [0.1, 0.15) is 19.3 Å². The second-order valence-electron chi connectivity index (χ2n) is 4.74. The van der Waals surface area contributed by atoms with Crippen molar-refractivity contribution in [2.24, 2.45) is 5.92 Å². The standard InChI is InChI=1S/C11H22N4O/c16-11(15-10-3-6-13-8-10)14-7-9-1-4-12-5-2-9/h9-10,12-13H,1-8H2,(H2,14,15,16). The van der Waals surface area contributed by atoms with Crippen LogP contribution in [0.15, 0.2) is 0 Å². The Morgan fingerprint density at radius 1 is 1.12 bits per heavy atom. The van der Waals surface area contributed by atoms with Crippen molar-refractivity contribution in [1.82, 2.24) is 21.3 Å². The molecule has 92 valence electrons. The molecule has 1 unspecified atom stereocenters. The first-order chi connectivity index (χ1) is 7.84. The van der Waals surface area contributed by atoms with Crippen LogP contribution in [0.2, 0.25) is 0 Å². The summed E-state index contributed by atoms with van der Waals surface area (Å²) in [7, 11) is 0. The molecule has 2 fully saturated rings. The molecule has 0 bridgehead atoms. The molecule has 1 atom stereocenters. The van der Waals surface area contributed by atoms with Crippen LogP contribution in [0.3, 0.4) is 0 Å². The van der Waals surface area contributed by atoms with Crippen molar-refractivity contribution in [1.29, 1.82) is 0 Å². The number of hydrogen-bond donors (Lipinski definition) is 4. The summed E-state index contributed by atoms with van der Waals surface area (Å²) < 4.78 is 0. The van der Waals surface area contributed by atoms with E-state index < -0.39 is 0 Å². The van der Waals surface area contributed by atoms with Crippen LogP contribution < -0.4 is 21.3 Å². The SMILES string of the molecule is O=C(NCC1CCNCC1)NC1CCNC1. The van der Waals surface area contributed by atoms with E-state index in [4.69, 9.17) is 0 Å². The topological polar surface area (TPSA) is 65.2 Å². The monoisotopic (exact) mass is 226 g/mol. The maximum Gasteiger partial charge on any atom is 0.315 e. The van der Waals surface area contributed by atoms with E-state index in [1.807, 2.05) is 0 Å².